The molecule has 1 atom stereocenters. The number of nitrogens with one attached hydrogen (secondary N) is 2. The third kappa shape index (κ3) is 2.07. The van der Waals surface area contributed by atoms with E-state index in [0.29, 0.717) is 17.9 Å². The Bertz CT molecular complexity index is 835. The second-order valence-electron chi connectivity index (χ2n) is 4.93. The maximum absolute atomic E-state index is 12.7. The summed E-state index contributed by atoms with van der Waals surface area (Å²) in [6.45, 7) is 4.22. The molecule has 0 fully saturated rings. The summed E-state index contributed by atoms with van der Waals surface area (Å²) in [5, 5.41) is 9.15. The fourth-order valence-electron chi connectivity index (χ4n) is 2.72. The van der Waals surface area contributed by atoms with E-state index in [4.69, 9.17) is 0 Å². The van der Waals surface area contributed by atoms with Crippen molar-refractivity contribution in [1.29, 1.82) is 0 Å². The number of carbonyl (C=O) groups is 1. The van der Waals surface area contributed by atoms with E-state index in [1.165, 1.54) is 20.5 Å². The number of carbonyl (C=O) groups excluding carboxylic acids is 1. The molecule has 2 aromatic heterocycles. The molecule has 2 N–H and O–H groups in total. The molecule has 7 nitrogen and oxygen atoms in total. The lowest BCUT2D eigenvalue weighted by atomic mass is 10.0. The van der Waals surface area contributed by atoms with Gasteiger partial charge in [-0.2, -0.15) is 11.3 Å². The summed E-state index contributed by atoms with van der Waals surface area (Å²) in [6, 6.07) is 0.902. The van der Waals surface area contributed by atoms with Gasteiger partial charge >= 0.3 is 11.7 Å². The van der Waals surface area contributed by atoms with Crippen molar-refractivity contribution in [2.75, 3.05) is 5.32 Å². The van der Waals surface area contributed by atoms with Crippen LogP contribution in [-0.4, -0.2) is 15.2 Å². The van der Waals surface area contributed by atoms with Crippen LogP contribution in [0.25, 0.3) is 0 Å². The number of aromatic nitrogens is 2. The molecule has 1 aliphatic rings. The van der Waals surface area contributed by atoms with E-state index in [2.05, 4.69) is 10.6 Å². The van der Waals surface area contributed by atoms with Gasteiger partial charge in [0.1, 0.15) is 5.82 Å². The summed E-state index contributed by atoms with van der Waals surface area (Å²) < 4.78 is 2.62. The molecule has 0 aromatic carbocycles. The highest BCUT2D eigenvalue weighted by atomic mass is 32.1. The summed E-state index contributed by atoms with van der Waals surface area (Å²) in [7, 11) is 0. The molecule has 0 spiro atoms. The van der Waals surface area contributed by atoms with Gasteiger partial charge in [-0.15, -0.1) is 0 Å². The highest BCUT2D eigenvalue weighted by molar-refractivity contribution is 7.08. The SMILES string of the molecule is CCn1c2c(c(=O)n(CC)c1=O)C(c1ccsc1)NC(=O)N2. The first-order valence-electron chi connectivity index (χ1n) is 7.05. The van der Waals surface area contributed by atoms with Crippen molar-refractivity contribution in [3.05, 3.63) is 48.8 Å². The number of nitrogens with zero attached hydrogens (tertiary/aromatic N) is 2. The lowest BCUT2D eigenvalue weighted by Gasteiger charge is -2.28. The van der Waals surface area contributed by atoms with Crippen molar-refractivity contribution in [2.45, 2.75) is 33.0 Å². The lowest BCUT2D eigenvalue weighted by molar-refractivity contribution is 0.248. The van der Waals surface area contributed by atoms with Crippen LogP contribution in [0, 0.1) is 0 Å². The van der Waals surface area contributed by atoms with Gasteiger partial charge in [-0.05, 0) is 36.2 Å². The molecular formula is C14H16N4O3S. The molecule has 3 rings (SSSR count). The number of thiophene rings is 1. The van der Waals surface area contributed by atoms with Gasteiger partial charge in [0.15, 0.2) is 0 Å². The van der Waals surface area contributed by atoms with E-state index >= 15 is 0 Å². The van der Waals surface area contributed by atoms with Crippen LogP contribution in [0.5, 0.6) is 0 Å². The first kappa shape index (κ1) is 14.6. The molecule has 2 amide bonds. The molecule has 8 heteroatoms. The molecular weight excluding hydrogens is 304 g/mol. The van der Waals surface area contributed by atoms with Crippen molar-refractivity contribution in [2.24, 2.45) is 0 Å². The third-order valence-electron chi connectivity index (χ3n) is 3.77. The Morgan fingerprint density at radius 1 is 1.18 bits per heavy atom. The molecule has 1 unspecified atom stereocenters. The van der Waals surface area contributed by atoms with Crippen LogP contribution >= 0.6 is 11.3 Å². The number of hydrogen-bond donors (Lipinski definition) is 2. The van der Waals surface area contributed by atoms with Crippen LogP contribution in [0.1, 0.15) is 31.0 Å². The van der Waals surface area contributed by atoms with Crippen molar-refractivity contribution in [1.82, 2.24) is 14.5 Å². The highest BCUT2D eigenvalue weighted by Gasteiger charge is 2.32. The Balaban J connectivity index is 2.36. The highest BCUT2D eigenvalue weighted by Crippen LogP contribution is 2.29. The smallest absolute Gasteiger partial charge is 0.327 e. The minimum Gasteiger partial charge on any atom is -0.327 e. The minimum absolute atomic E-state index is 0.287. The van der Waals surface area contributed by atoms with Gasteiger partial charge in [0.2, 0.25) is 0 Å². The monoisotopic (exact) mass is 320 g/mol. The van der Waals surface area contributed by atoms with E-state index in [0.717, 1.165) is 5.56 Å². The zero-order chi connectivity index (χ0) is 15.9. The van der Waals surface area contributed by atoms with Crippen molar-refractivity contribution in [3.63, 3.8) is 0 Å². The zero-order valence-corrected chi connectivity index (χ0v) is 13.1. The number of anilines is 1. The maximum Gasteiger partial charge on any atom is 0.332 e. The van der Waals surface area contributed by atoms with Crippen LogP contribution in [-0.2, 0) is 13.1 Å². The predicted octanol–water partition coefficient (Wildman–Crippen LogP) is 1.34. The first-order chi connectivity index (χ1) is 10.6. The quantitative estimate of drug-likeness (QED) is 0.895. The summed E-state index contributed by atoms with van der Waals surface area (Å²) in [5.74, 6) is 0.294. The fraction of sp³-hybridized carbons (Fsp3) is 0.357. The normalized spacial score (nSPS) is 16.8. The summed E-state index contributed by atoms with van der Waals surface area (Å²) in [4.78, 5) is 37.0. The third-order valence-corrected chi connectivity index (χ3v) is 4.47. The average molecular weight is 320 g/mol. The molecule has 22 heavy (non-hydrogen) atoms. The minimum atomic E-state index is -0.543. The number of urea groups is 1. The van der Waals surface area contributed by atoms with Gasteiger partial charge in [0.05, 0.1) is 11.6 Å². The molecule has 0 radical (unpaired) electrons. The Hall–Kier alpha value is -2.35. The molecule has 0 saturated carbocycles. The van der Waals surface area contributed by atoms with Crippen LogP contribution in [0.2, 0.25) is 0 Å². The van der Waals surface area contributed by atoms with Crippen molar-refractivity contribution >= 4 is 23.2 Å². The van der Waals surface area contributed by atoms with E-state index in [1.807, 2.05) is 16.8 Å². The Kier molecular flexibility index (Phi) is 3.61. The van der Waals surface area contributed by atoms with Gasteiger partial charge in [0.25, 0.3) is 5.56 Å². The van der Waals surface area contributed by atoms with Gasteiger partial charge in [-0.25, -0.2) is 9.59 Å². The van der Waals surface area contributed by atoms with Crippen molar-refractivity contribution in [3.8, 4) is 0 Å². The van der Waals surface area contributed by atoms with E-state index in [9.17, 15) is 14.4 Å². The Morgan fingerprint density at radius 2 is 1.91 bits per heavy atom. The predicted molar refractivity (Wildman–Crippen MR) is 84.6 cm³/mol. The molecule has 3 heterocycles. The Labute approximate surface area is 130 Å². The number of amides is 2. The topological polar surface area (TPSA) is 85.1 Å². The molecule has 116 valence electrons. The fourth-order valence-corrected chi connectivity index (χ4v) is 3.41. The van der Waals surface area contributed by atoms with E-state index < -0.39 is 17.8 Å². The second-order valence-corrected chi connectivity index (χ2v) is 5.71. The molecule has 0 aliphatic carbocycles. The Morgan fingerprint density at radius 3 is 2.50 bits per heavy atom. The number of fused-ring (bicyclic) bond motifs is 1. The van der Waals surface area contributed by atoms with E-state index in [1.54, 1.807) is 13.8 Å². The first-order valence-corrected chi connectivity index (χ1v) is 7.99. The van der Waals surface area contributed by atoms with Gasteiger partial charge in [-0.1, -0.05) is 0 Å². The van der Waals surface area contributed by atoms with Gasteiger partial charge in [0, 0.05) is 13.1 Å². The van der Waals surface area contributed by atoms with Gasteiger partial charge < -0.3 is 5.32 Å². The summed E-state index contributed by atoms with van der Waals surface area (Å²) >= 11 is 1.49. The van der Waals surface area contributed by atoms with Crippen LogP contribution in [0.4, 0.5) is 10.6 Å². The summed E-state index contributed by atoms with van der Waals surface area (Å²) in [5.41, 5.74) is 0.472. The average Bonchev–Trinajstić information content (AvgIpc) is 3.01. The molecule has 1 aliphatic heterocycles. The zero-order valence-electron chi connectivity index (χ0n) is 12.3. The molecule has 2 aromatic rings. The van der Waals surface area contributed by atoms with Crippen LogP contribution < -0.4 is 21.9 Å². The lowest BCUT2D eigenvalue weighted by Crippen LogP contribution is -2.50. The second kappa shape index (κ2) is 5.45. The summed E-state index contributed by atoms with van der Waals surface area (Å²) in [6.07, 6.45) is 0. The maximum atomic E-state index is 12.7. The van der Waals surface area contributed by atoms with E-state index in [-0.39, 0.29) is 12.1 Å². The van der Waals surface area contributed by atoms with Crippen molar-refractivity contribution < 1.29 is 4.79 Å². The standard InChI is InChI=1S/C14H16N4O3S/c1-3-17-11-9(12(19)18(4-2)14(17)21)10(15-13(20)16-11)8-5-6-22-7-8/h5-7,10H,3-4H2,1-2H3,(H2,15,16,20). The largest absolute Gasteiger partial charge is 0.332 e. The number of hydrogen-bond acceptors (Lipinski definition) is 4. The molecule has 0 saturated heterocycles. The number of rotatable bonds is 3. The van der Waals surface area contributed by atoms with Crippen LogP contribution in [0.15, 0.2) is 26.4 Å². The van der Waals surface area contributed by atoms with Gasteiger partial charge in [-0.3, -0.25) is 19.2 Å². The molecule has 0 bridgehead atoms. The van der Waals surface area contributed by atoms with Crippen LogP contribution in [0.3, 0.4) is 0 Å².